The number of allylic oxidation sites excluding steroid dienone is 4. The molecule has 1 aromatic rings. The Bertz CT molecular complexity index is 1090. The normalized spacial score (nSPS) is 41.7. The van der Waals surface area contributed by atoms with Gasteiger partial charge in [-0.05, 0) is 116 Å². The number of alkyl halides is 1. The van der Waals surface area contributed by atoms with E-state index in [1.165, 1.54) is 43.2 Å². The van der Waals surface area contributed by atoms with E-state index < -0.39 is 5.97 Å². The van der Waals surface area contributed by atoms with Crippen molar-refractivity contribution >= 4 is 11.5 Å². The van der Waals surface area contributed by atoms with Crippen LogP contribution < -0.4 is 0 Å². The van der Waals surface area contributed by atoms with Gasteiger partial charge in [-0.15, -0.1) is 0 Å². The Labute approximate surface area is 221 Å². The molecule has 0 radical (unpaired) electrons. The van der Waals surface area contributed by atoms with E-state index in [-0.39, 0.29) is 29.5 Å². The zero-order valence-electron chi connectivity index (χ0n) is 22.5. The molecule has 200 valence electrons. The van der Waals surface area contributed by atoms with Gasteiger partial charge in [0.2, 0.25) is 0 Å². The van der Waals surface area contributed by atoms with Gasteiger partial charge in [-0.25, -0.2) is 4.39 Å². The average molecular weight is 507 g/mol. The number of fused-ring (bicyclic) bond motifs is 5. The number of likely N-dealkylation sites (tertiary alicyclic amines) is 1. The first-order valence-electron chi connectivity index (χ1n) is 14.7. The van der Waals surface area contributed by atoms with Crippen LogP contribution in [0, 0.1) is 40.4 Å². The number of piperidine rings is 1. The lowest BCUT2D eigenvalue weighted by atomic mass is 9.46. The number of hydrogen-bond donors (Lipinski definition) is 1. The molecule has 2 heterocycles. The number of aliphatic carboxylic acids is 1. The second-order valence-corrected chi connectivity index (χ2v) is 13.2. The second-order valence-electron chi connectivity index (χ2n) is 13.2. The summed E-state index contributed by atoms with van der Waals surface area (Å²) in [5, 5.41) is 9.70. The molecule has 1 aliphatic heterocycles. The summed E-state index contributed by atoms with van der Waals surface area (Å²) >= 11 is 0. The van der Waals surface area contributed by atoms with E-state index in [2.05, 4.69) is 48.0 Å². The Morgan fingerprint density at radius 2 is 1.97 bits per heavy atom. The number of pyridine rings is 1. The van der Waals surface area contributed by atoms with Crippen LogP contribution in [0.3, 0.4) is 0 Å². The molecule has 4 nitrogen and oxygen atoms in total. The quantitative estimate of drug-likeness (QED) is 0.447. The highest BCUT2D eigenvalue weighted by molar-refractivity contribution is 5.72. The first-order valence-corrected chi connectivity index (χ1v) is 14.7. The van der Waals surface area contributed by atoms with Crippen LogP contribution in [0.15, 0.2) is 42.3 Å². The monoisotopic (exact) mass is 506 g/mol. The molecule has 0 aromatic carbocycles. The van der Waals surface area contributed by atoms with Crippen molar-refractivity contribution in [3.8, 4) is 0 Å². The molecule has 37 heavy (non-hydrogen) atoms. The van der Waals surface area contributed by atoms with E-state index >= 15 is 0 Å². The van der Waals surface area contributed by atoms with E-state index in [1.54, 1.807) is 5.57 Å². The molecular weight excluding hydrogens is 463 g/mol. The van der Waals surface area contributed by atoms with Gasteiger partial charge >= 0.3 is 5.97 Å². The van der Waals surface area contributed by atoms with Crippen molar-refractivity contribution in [2.45, 2.75) is 77.7 Å². The van der Waals surface area contributed by atoms with Crippen LogP contribution in [0.1, 0.15) is 77.2 Å². The SMILES string of the molecule is C[C@]12CC[C@H](C3CC(C(=O)O)CCN3CCF)CC1=CC[C@@H]1[C@@H]2CC[C@]2(C)C(c3cccnc3)=CC[C@@H]12. The van der Waals surface area contributed by atoms with Crippen molar-refractivity contribution < 1.29 is 14.3 Å². The van der Waals surface area contributed by atoms with Crippen LogP contribution >= 0.6 is 0 Å². The standard InChI is InChI=1S/C32H43FN2O2/c1-31-12-9-21(29-19-22(30(36)37)11-16-35(29)17-14-33)18-24(31)5-6-25-27-8-7-26(23-4-3-15-34-20-23)32(27,2)13-10-28(25)31/h3-5,7,15,20-22,25,27-29H,6,8-14,16-19H2,1-2H3,(H,36,37)/t21-,22?,25-,27-,28-,29?,31-,32+/m0/s1. The number of nitrogens with zero attached hydrogens (tertiary/aromatic N) is 2. The van der Waals surface area contributed by atoms with Crippen molar-refractivity contribution in [2.75, 3.05) is 19.8 Å². The molecule has 2 unspecified atom stereocenters. The Hall–Kier alpha value is -2.01. The number of carboxylic acid groups (broad SMARTS) is 1. The smallest absolute Gasteiger partial charge is 0.306 e. The van der Waals surface area contributed by atoms with E-state index in [4.69, 9.17) is 0 Å². The molecule has 1 N–H and O–H groups in total. The summed E-state index contributed by atoms with van der Waals surface area (Å²) in [6.07, 6.45) is 18.6. The van der Waals surface area contributed by atoms with Crippen LogP contribution in [0.25, 0.3) is 5.57 Å². The first kappa shape index (κ1) is 25.3. The van der Waals surface area contributed by atoms with Crippen LogP contribution in [-0.4, -0.2) is 46.8 Å². The van der Waals surface area contributed by atoms with Gasteiger partial charge in [0.1, 0.15) is 6.67 Å². The Kier molecular flexibility index (Phi) is 6.58. The number of halogens is 1. The van der Waals surface area contributed by atoms with Crippen molar-refractivity contribution in [3.63, 3.8) is 0 Å². The molecule has 1 saturated heterocycles. The van der Waals surface area contributed by atoms with Gasteiger partial charge in [0, 0.05) is 25.0 Å². The zero-order valence-corrected chi connectivity index (χ0v) is 22.5. The third-order valence-electron chi connectivity index (χ3n) is 11.7. The van der Waals surface area contributed by atoms with Gasteiger partial charge in [0.05, 0.1) is 5.92 Å². The van der Waals surface area contributed by atoms with E-state index in [1.807, 2.05) is 12.4 Å². The maximum Gasteiger partial charge on any atom is 0.306 e. The molecule has 0 spiro atoms. The predicted octanol–water partition coefficient (Wildman–Crippen LogP) is 6.79. The number of rotatable bonds is 5. The van der Waals surface area contributed by atoms with Gasteiger partial charge in [-0.2, -0.15) is 0 Å². The molecule has 6 rings (SSSR count). The summed E-state index contributed by atoms with van der Waals surface area (Å²) in [5.74, 6) is 1.65. The molecule has 5 aliphatic rings. The molecule has 1 aromatic heterocycles. The topological polar surface area (TPSA) is 53.4 Å². The van der Waals surface area contributed by atoms with Gasteiger partial charge in [0.15, 0.2) is 0 Å². The van der Waals surface area contributed by atoms with Crippen LogP contribution in [0.2, 0.25) is 0 Å². The molecule has 0 bridgehead atoms. The minimum Gasteiger partial charge on any atom is -0.481 e. The third-order valence-corrected chi connectivity index (χ3v) is 11.7. The van der Waals surface area contributed by atoms with Crippen LogP contribution in [0.5, 0.6) is 0 Å². The maximum atomic E-state index is 13.4. The molecule has 2 saturated carbocycles. The molecule has 8 atom stereocenters. The Morgan fingerprint density at radius 1 is 1.14 bits per heavy atom. The van der Waals surface area contributed by atoms with Gasteiger partial charge in [0.25, 0.3) is 0 Å². The van der Waals surface area contributed by atoms with Crippen molar-refractivity contribution in [1.82, 2.24) is 9.88 Å². The largest absolute Gasteiger partial charge is 0.481 e. The summed E-state index contributed by atoms with van der Waals surface area (Å²) < 4.78 is 13.4. The van der Waals surface area contributed by atoms with Crippen molar-refractivity contribution in [3.05, 3.63) is 47.8 Å². The molecule has 3 fully saturated rings. The lowest BCUT2D eigenvalue weighted by Crippen LogP contribution is -2.53. The highest BCUT2D eigenvalue weighted by Crippen LogP contribution is 2.66. The first-order chi connectivity index (χ1) is 17.8. The van der Waals surface area contributed by atoms with E-state index in [9.17, 15) is 14.3 Å². The summed E-state index contributed by atoms with van der Waals surface area (Å²) in [7, 11) is 0. The number of carboxylic acids is 1. The molecule has 5 heteroatoms. The van der Waals surface area contributed by atoms with Crippen molar-refractivity contribution in [2.24, 2.45) is 40.4 Å². The highest BCUT2D eigenvalue weighted by Gasteiger charge is 2.57. The minimum atomic E-state index is -0.675. The average Bonchev–Trinajstić information content (AvgIpc) is 3.26. The van der Waals surface area contributed by atoms with Crippen LogP contribution in [-0.2, 0) is 4.79 Å². The maximum absolute atomic E-state index is 13.4. The Balaban J connectivity index is 1.22. The van der Waals surface area contributed by atoms with Gasteiger partial charge in [-0.1, -0.05) is 37.6 Å². The lowest BCUT2D eigenvalue weighted by Gasteiger charge is -2.59. The molecule has 4 aliphatic carbocycles. The minimum absolute atomic E-state index is 0.199. The van der Waals surface area contributed by atoms with Gasteiger partial charge < -0.3 is 5.11 Å². The van der Waals surface area contributed by atoms with Crippen molar-refractivity contribution in [1.29, 1.82) is 0 Å². The fraction of sp³-hybridized carbons (Fsp3) is 0.688. The lowest BCUT2D eigenvalue weighted by molar-refractivity contribution is -0.144. The number of aromatic nitrogens is 1. The number of carbonyl (C=O) groups is 1. The van der Waals surface area contributed by atoms with Crippen LogP contribution in [0.4, 0.5) is 4.39 Å². The second kappa shape index (κ2) is 9.63. The molecular formula is C32H43FN2O2. The Morgan fingerprint density at radius 3 is 2.73 bits per heavy atom. The fourth-order valence-corrected chi connectivity index (χ4v) is 9.70. The highest BCUT2D eigenvalue weighted by atomic mass is 19.1. The molecule has 0 amide bonds. The summed E-state index contributed by atoms with van der Waals surface area (Å²) in [5.41, 5.74) is 4.94. The van der Waals surface area contributed by atoms with E-state index in [0.717, 1.165) is 31.2 Å². The summed E-state index contributed by atoms with van der Waals surface area (Å²) in [6.45, 7) is 5.87. The fourth-order valence-electron chi connectivity index (χ4n) is 9.70. The third kappa shape index (κ3) is 4.11. The number of hydrogen-bond acceptors (Lipinski definition) is 3. The summed E-state index contributed by atoms with van der Waals surface area (Å²) in [4.78, 5) is 18.5. The van der Waals surface area contributed by atoms with Gasteiger partial charge in [-0.3, -0.25) is 14.7 Å². The zero-order chi connectivity index (χ0) is 25.8. The summed E-state index contributed by atoms with van der Waals surface area (Å²) in [6, 6.07) is 4.49. The predicted molar refractivity (Wildman–Crippen MR) is 144 cm³/mol. The van der Waals surface area contributed by atoms with E-state index in [0.29, 0.717) is 31.2 Å².